The average Bonchev–Trinajstić information content (AvgIpc) is 3.34. The lowest BCUT2D eigenvalue weighted by Gasteiger charge is -2.22. The van der Waals surface area contributed by atoms with Crippen molar-refractivity contribution in [3.05, 3.63) is 0 Å². The molecule has 0 fully saturated rings. The predicted molar refractivity (Wildman–Crippen MR) is 297 cm³/mol. The summed E-state index contributed by atoms with van der Waals surface area (Å²) < 4.78 is 5.49. The molecule has 0 heterocycles. The maximum Gasteiger partial charge on any atom is 0.305 e. The molecule has 0 aromatic carbocycles. The van der Waals surface area contributed by atoms with E-state index < -0.39 is 12.1 Å². The Balaban J connectivity index is 3.31. The van der Waals surface area contributed by atoms with Gasteiger partial charge in [-0.15, -0.1) is 0 Å². The Kier molecular flexibility index (Phi) is 57.5. The summed E-state index contributed by atoms with van der Waals surface area (Å²) in [5.74, 6) is -0.0113. The van der Waals surface area contributed by atoms with E-state index >= 15 is 0 Å². The van der Waals surface area contributed by atoms with Crippen molar-refractivity contribution in [1.82, 2.24) is 5.32 Å². The van der Waals surface area contributed by atoms with Crippen LogP contribution in [0, 0.1) is 0 Å². The highest BCUT2D eigenvalue weighted by atomic mass is 16.5. The fourth-order valence-electron chi connectivity index (χ4n) is 10.1. The Bertz CT molecular complexity index is 975. The van der Waals surface area contributed by atoms with Crippen LogP contribution in [0.5, 0.6) is 0 Å². The van der Waals surface area contributed by atoms with Gasteiger partial charge in [-0.1, -0.05) is 322 Å². The van der Waals surface area contributed by atoms with Crippen LogP contribution in [-0.4, -0.2) is 47.4 Å². The minimum absolute atomic E-state index is 0.0203. The first-order valence-electron chi connectivity index (χ1n) is 31.3. The molecular weight excluding hydrogens is 839 g/mol. The molecule has 68 heavy (non-hydrogen) atoms. The largest absolute Gasteiger partial charge is 0.466 e. The molecule has 2 atom stereocenters. The number of unbranched alkanes of at least 4 members (excludes halogenated alkanes) is 48. The summed E-state index contributed by atoms with van der Waals surface area (Å²) in [4.78, 5) is 24.5. The molecular formula is C62H123NO5. The van der Waals surface area contributed by atoms with Crippen molar-refractivity contribution in [2.75, 3.05) is 13.2 Å². The van der Waals surface area contributed by atoms with Gasteiger partial charge in [-0.2, -0.15) is 0 Å². The van der Waals surface area contributed by atoms with Gasteiger partial charge < -0.3 is 20.3 Å². The zero-order chi connectivity index (χ0) is 49.3. The van der Waals surface area contributed by atoms with Gasteiger partial charge in [0.15, 0.2) is 0 Å². The number of ether oxygens (including phenoxy) is 1. The zero-order valence-corrected chi connectivity index (χ0v) is 46.4. The minimum Gasteiger partial charge on any atom is -0.466 e. The highest BCUT2D eigenvalue weighted by molar-refractivity contribution is 5.76. The Morgan fingerprint density at radius 2 is 0.603 bits per heavy atom. The summed E-state index contributed by atoms with van der Waals surface area (Å²) in [5.41, 5.74) is 0. The lowest BCUT2D eigenvalue weighted by Crippen LogP contribution is -2.45. The number of carbonyl (C=O) groups is 2. The molecule has 0 aliphatic heterocycles. The third kappa shape index (κ3) is 54.2. The third-order valence-corrected chi connectivity index (χ3v) is 14.9. The Hall–Kier alpha value is -1.14. The molecule has 0 bridgehead atoms. The average molecular weight is 963 g/mol. The van der Waals surface area contributed by atoms with Crippen molar-refractivity contribution >= 4 is 11.9 Å². The quantitative estimate of drug-likeness (QED) is 0.0417. The number of aliphatic hydroxyl groups excluding tert-OH is 2. The summed E-state index contributed by atoms with van der Waals surface area (Å²) in [6.07, 6.45) is 68.4. The SMILES string of the molecule is CCCCCCCCCCCCCCCCC(=O)OCCCCCCCCCCCCCCCCCCCCCCCCCCCCC(=O)NC(CO)C(O)CCCCCCCCCCCCC. The van der Waals surface area contributed by atoms with Gasteiger partial charge >= 0.3 is 5.97 Å². The van der Waals surface area contributed by atoms with Crippen LogP contribution in [-0.2, 0) is 14.3 Å². The molecule has 406 valence electrons. The highest BCUT2D eigenvalue weighted by Gasteiger charge is 2.20. The fraction of sp³-hybridized carbons (Fsp3) is 0.968. The molecule has 2 unspecified atom stereocenters. The fourth-order valence-corrected chi connectivity index (χ4v) is 10.1. The van der Waals surface area contributed by atoms with Gasteiger partial charge in [0, 0.05) is 12.8 Å². The Labute approximate surface area is 426 Å². The monoisotopic (exact) mass is 962 g/mol. The van der Waals surface area contributed by atoms with E-state index in [9.17, 15) is 19.8 Å². The Morgan fingerprint density at radius 3 is 0.897 bits per heavy atom. The summed E-state index contributed by atoms with van der Waals surface area (Å²) in [6.45, 7) is 4.97. The van der Waals surface area contributed by atoms with E-state index in [0.29, 0.717) is 25.9 Å². The van der Waals surface area contributed by atoms with Gasteiger partial charge in [0.05, 0.1) is 25.4 Å². The number of esters is 1. The second-order valence-electron chi connectivity index (χ2n) is 21.8. The summed E-state index contributed by atoms with van der Waals surface area (Å²) in [5, 5.41) is 23.2. The molecule has 0 aromatic rings. The standard InChI is InChI=1S/C62H123NO5/c1-3-5-7-9-11-13-15-16-32-36-40-44-48-52-56-62(67)68-57-53-49-45-41-37-33-30-28-26-24-22-20-18-17-19-21-23-25-27-29-31-35-39-43-47-51-55-61(66)63-59(58-64)60(65)54-50-46-42-38-34-14-12-10-8-6-4-2/h59-60,64-65H,3-58H2,1-2H3,(H,63,66). The van der Waals surface area contributed by atoms with Crippen LogP contribution < -0.4 is 5.32 Å². The molecule has 0 saturated carbocycles. The molecule has 0 spiro atoms. The Morgan fingerprint density at radius 1 is 0.353 bits per heavy atom. The van der Waals surface area contributed by atoms with E-state index in [0.717, 1.165) is 38.5 Å². The van der Waals surface area contributed by atoms with Gasteiger partial charge in [-0.3, -0.25) is 9.59 Å². The van der Waals surface area contributed by atoms with Gasteiger partial charge in [-0.25, -0.2) is 0 Å². The van der Waals surface area contributed by atoms with Gasteiger partial charge in [0.2, 0.25) is 5.91 Å². The predicted octanol–water partition coefficient (Wildman–Crippen LogP) is 19.5. The number of amides is 1. The number of rotatable bonds is 59. The van der Waals surface area contributed by atoms with Gasteiger partial charge in [-0.05, 0) is 25.7 Å². The van der Waals surface area contributed by atoms with E-state index in [2.05, 4.69) is 19.2 Å². The van der Waals surface area contributed by atoms with Gasteiger partial charge in [0.25, 0.3) is 0 Å². The third-order valence-electron chi connectivity index (χ3n) is 14.9. The maximum atomic E-state index is 12.4. The van der Waals surface area contributed by atoms with Crippen LogP contribution in [0.15, 0.2) is 0 Å². The van der Waals surface area contributed by atoms with Crippen LogP contribution in [0.4, 0.5) is 0 Å². The molecule has 3 N–H and O–H groups in total. The summed E-state index contributed by atoms with van der Waals surface area (Å²) in [7, 11) is 0. The molecule has 1 amide bonds. The van der Waals surface area contributed by atoms with Crippen molar-refractivity contribution in [3.63, 3.8) is 0 Å². The lowest BCUT2D eigenvalue weighted by atomic mass is 10.0. The number of aliphatic hydroxyl groups is 2. The van der Waals surface area contributed by atoms with Crippen LogP contribution >= 0.6 is 0 Å². The highest BCUT2D eigenvalue weighted by Crippen LogP contribution is 2.19. The van der Waals surface area contributed by atoms with E-state index in [-0.39, 0.29) is 18.5 Å². The lowest BCUT2D eigenvalue weighted by molar-refractivity contribution is -0.143. The number of carbonyl (C=O) groups excluding carboxylic acids is 2. The van der Waals surface area contributed by atoms with Crippen LogP contribution in [0.25, 0.3) is 0 Å². The summed E-state index contributed by atoms with van der Waals surface area (Å²) in [6, 6.07) is -0.537. The first-order chi connectivity index (χ1) is 33.5. The second-order valence-corrected chi connectivity index (χ2v) is 21.8. The molecule has 6 heteroatoms. The molecule has 0 aliphatic rings. The van der Waals surface area contributed by atoms with Crippen molar-refractivity contribution in [3.8, 4) is 0 Å². The molecule has 0 radical (unpaired) electrons. The molecule has 0 saturated heterocycles. The maximum absolute atomic E-state index is 12.4. The molecule has 0 rings (SSSR count). The van der Waals surface area contributed by atoms with Crippen molar-refractivity contribution in [2.45, 2.75) is 373 Å². The smallest absolute Gasteiger partial charge is 0.305 e. The first kappa shape index (κ1) is 66.9. The zero-order valence-electron chi connectivity index (χ0n) is 46.4. The van der Waals surface area contributed by atoms with Crippen LogP contribution in [0.3, 0.4) is 0 Å². The topological polar surface area (TPSA) is 95.9 Å². The van der Waals surface area contributed by atoms with Crippen molar-refractivity contribution < 1.29 is 24.5 Å². The van der Waals surface area contributed by atoms with E-state index in [4.69, 9.17) is 4.74 Å². The molecule has 0 aliphatic carbocycles. The van der Waals surface area contributed by atoms with Gasteiger partial charge in [0.1, 0.15) is 0 Å². The van der Waals surface area contributed by atoms with Crippen LogP contribution in [0.2, 0.25) is 0 Å². The number of nitrogens with one attached hydrogen (secondary N) is 1. The number of hydrogen-bond acceptors (Lipinski definition) is 5. The van der Waals surface area contributed by atoms with E-state index in [1.807, 2.05) is 0 Å². The van der Waals surface area contributed by atoms with Crippen molar-refractivity contribution in [2.24, 2.45) is 0 Å². The summed E-state index contributed by atoms with van der Waals surface area (Å²) >= 11 is 0. The van der Waals surface area contributed by atoms with E-state index in [1.54, 1.807) is 0 Å². The molecule has 6 nitrogen and oxygen atoms in total. The van der Waals surface area contributed by atoms with E-state index in [1.165, 1.54) is 289 Å². The number of hydrogen-bond donors (Lipinski definition) is 3. The first-order valence-corrected chi connectivity index (χ1v) is 31.3. The second kappa shape index (κ2) is 58.4. The molecule has 0 aromatic heterocycles. The van der Waals surface area contributed by atoms with Crippen molar-refractivity contribution in [1.29, 1.82) is 0 Å². The minimum atomic E-state index is -0.660. The van der Waals surface area contributed by atoms with Crippen LogP contribution in [0.1, 0.15) is 361 Å². The normalized spacial score (nSPS) is 12.5.